The predicted molar refractivity (Wildman–Crippen MR) is 67.2 cm³/mol. The van der Waals surface area contributed by atoms with Crippen LogP contribution in [0.5, 0.6) is 0 Å². The first kappa shape index (κ1) is 12.0. The first-order valence-corrected chi connectivity index (χ1v) is 6.12. The Morgan fingerprint density at radius 3 is 2.76 bits per heavy atom. The molecule has 0 aliphatic carbocycles. The van der Waals surface area contributed by atoms with Crippen LogP contribution in [0.15, 0.2) is 12.1 Å². The Bertz CT molecular complexity index is 411. The number of piperidine rings is 1. The van der Waals surface area contributed by atoms with Gasteiger partial charge in [0, 0.05) is 18.7 Å². The zero-order chi connectivity index (χ0) is 12.3. The Morgan fingerprint density at radius 1 is 1.41 bits per heavy atom. The fourth-order valence-electron chi connectivity index (χ4n) is 2.31. The number of nitrogens with zero attached hydrogens (tertiary/aromatic N) is 1. The predicted octanol–water partition coefficient (Wildman–Crippen LogP) is 1.22. The van der Waals surface area contributed by atoms with E-state index in [1.165, 1.54) is 0 Å². The topological polar surface area (TPSA) is 54.0 Å². The fourth-order valence-corrected chi connectivity index (χ4v) is 2.31. The van der Waals surface area contributed by atoms with Crippen molar-refractivity contribution in [3.8, 4) is 0 Å². The van der Waals surface area contributed by atoms with Gasteiger partial charge in [0.05, 0.1) is 11.3 Å². The molecule has 1 amide bonds. The number of aromatic nitrogens is 1. The highest BCUT2D eigenvalue weighted by Crippen LogP contribution is 2.26. The number of hydrogen-bond donors (Lipinski definition) is 2. The SMILES string of the molecule is CNC(=O)c1ccc(C)nc1C1CCNCC1. The number of amides is 1. The number of hydrogen-bond acceptors (Lipinski definition) is 3. The van der Waals surface area contributed by atoms with Crippen molar-refractivity contribution in [1.29, 1.82) is 0 Å². The van der Waals surface area contributed by atoms with E-state index in [0.717, 1.165) is 42.9 Å². The number of pyridine rings is 1. The second-order valence-electron chi connectivity index (χ2n) is 4.49. The third kappa shape index (κ3) is 2.64. The summed E-state index contributed by atoms with van der Waals surface area (Å²) in [6.07, 6.45) is 2.11. The monoisotopic (exact) mass is 233 g/mol. The highest BCUT2D eigenvalue weighted by atomic mass is 16.1. The van der Waals surface area contributed by atoms with Gasteiger partial charge in [-0.3, -0.25) is 9.78 Å². The molecule has 1 fully saturated rings. The average molecular weight is 233 g/mol. The van der Waals surface area contributed by atoms with Crippen molar-refractivity contribution in [3.05, 3.63) is 29.1 Å². The van der Waals surface area contributed by atoms with Crippen molar-refractivity contribution in [1.82, 2.24) is 15.6 Å². The molecule has 2 rings (SSSR count). The summed E-state index contributed by atoms with van der Waals surface area (Å²) < 4.78 is 0. The summed E-state index contributed by atoms with van der Waals surface area (Å²) in [6.45, 7) is 3.99. The zero-order valence-corrected chi connectivity index (χ0v) is 10.4. The molecule has 2 N–H and O–H groups in total. The maximum Gasteiger partial charge on any atom is 0.252 e. The van der Waals surface area contributed by atoms with Gasteiger partial charge in [-0.2, -0.15) is 0 Å². The van der Waals surface area contributed by atoms with Gasteiger partial charge >= 0.3 is 0 Å². The number of aryl methyl sites for hydroxylation is 1. The van der Waals surface area contributed by atoms with Crippen LogP contribution in [-0.4, -0.2) is 31.0 Å². The van der Waals surface area contributed by atoms with Crippen LogP contribution < -0.4 is 10.6 Å². The van der Waals surface area contributed by atoms with E-state index in [1.54, 1.807) is 7.05 Å². The maximum absolute atomic E-state index is 11.8. The van der Waals surface area contributed by atoms with Crippen molar-refractivity contribution in [2.75, 3.05) is 20.1 Å². The van der Waals surface area contributed by atoms with Gasteiger partial charge in [-0.05, 0) is 45.0 Å². The molecule has 0 spiro atoms. The van der Waals surface area contributed by atoms with Gasteiger partial charge in [0.15, 0.2) is 0 Å². The third-order valence-corrected chi connectivity index (χ3v) is 3.26. The van der Waals surface area contributed by atoms with Crippen molar-refractivity contribution >= 4 is 5.91 Å². The quantitative estimate of drug-likeness (QED) is 0.807. The summed E-state index contributed by atoms with van der Waals surface area (Å²) >= 11 is 0. The average Bonchev–Trinajstić information content (AvgIpc) is 2.39. The molecule has 1 aromatic heterocycles. The minimum absolute atomic E-state index is 0.0361. The minimum Gasteiger partial charge on any atom is -0.355 e. The molecule has 4 nitrogen and oxygen atoms in total. The summed E-state index contributed by atoms with van der Waals surface area (Å²) in [7, 11) is 1.66. The molecule has 17 heavy (non-hydrogen) atoms. The van der Waals surface area contributed by atoms with E-state index >= 15 is 0 Å². The van der Waals surface area contributed by atoms with Crippen LogP contribution >= 0.6 is 0 Å². The molecule has 0 atom stereocenters. The van der Waals surface area contributed by atoms with Crippen LogP contribution in [0.1, 0.15) is 40.5 Å². The van der Waals surface area contributed by atoms with E-state index in [0.29, 0.717) is 5.92 Å². The number of carbonyl (C=O) groups is 1. The van der Waals surface area contributed by atoms with Crippen molar-refractivity contribution < 1.29 is 4.79 Å². The van der Waals surface area contributed by atoms with Gasteiger partial charge in [-0.1, -0.05) is 0 Å². The molecule has 1 aliphatic rings. The largest absolute Gasteiger partial charge is 0.355 e. The molecule has 0 aromatic carbocycles. The van der Waals surface area contributed by atoms with Crippen LogP contribution in [0.3, 0.4) is 0 Å². The first-order valence-electron chi connectivity index (χ1n) is 6.12. The smallest absolute Gasteiger partial charge is 0.252 e. The van der Waals surface area contributed by atoms with Crippen molar-refractivity contribution in [2.24, 2.45) is 0 Å². The highest BCUT2D eigenvalue weighted by molar-refractivity contribution is 5.95. The molecule has 1 aromatic rings. The lowest BCUT2D eigenvalue weighted by Crippen LogP contribution is -2.29. The minimum atomic E-state index is -0.0361. The Morgan fingerprint density at radius 2 is 2.12 bits per heavy atom. The molecule has 2 heterocycles. The molecule has 0 bridgehead atoms. The molecular weight excluding hydrogens is 214 g/mol. The van der Waals surface area contributed by atoms with Crippen LogP contribution in [0.2, 0.25) is 0 Å². The molecule has 0 radical (unpaired) electrons. The normalized spacial score (nSPS) is 16.8. The van der Waals surface area contributed by atoms with E-state index < -0.39 is 0 Å². The summed E-state index contributed by atoms with van der Waals surface area (Å²) in [5.74, 6) is 0.370. The van der Waals surface area contributed by atoms with Gasteiger partial charge in [0.1, 0.15) is 0 Å². The van der Waals surface area contributed by atoms with Gasteiger partial charge in [0.25, 0.3) is 5.91 Å². The Kier molecular flexibility index (Phi) is 3.74. The molecular formula is C13H19N3O. The van der Waals surface area contributed by atoms with Crippen LogP contribution in [-0.2, 0) is 0 Å². The van der Waals surface area contributed by atoms with E-state index in [4.69, 9.17) is 0 Å². The maximum atomic E-state index is 11.8. The summed E-state index contributed by atoms with van der Waals surface area (Å²) in [4.78, 5) is 16.4. The number of carbonyl (C=O) groups excluding carboxylic acids is 1. The summed E-state index contributed by atoms with van der Waals surface area (Å²) in [5.41, 5.74) is 2.67. The van der Waals surface area contributed by atoms with Crippen molar-refractivity contribution in [3.63, 3.8) is 0 Å². The van der Waals surface area contributed by atoms with E-state index in [1.807, 2.05) is 19.1 Å². The molecule has 92 valence electrons. The number of rotatable bonds is 2. The second kappa shape index (κ2) is 5.27. The van der Waals surface area contributed by atoms with Crippen LogP contribution in [0, 0.1) is 6.92 Å². The lowest BCUT2D eigenvalue weighted by atomic mass is 9.91. The standard InChI is InChI=1S/C13H19N3O/c1-9-3-4-11(13(17)14-2)12(16-9)10-5-7-15-8-6-10/h3-4,10,15H,5-8H2,1-2H3,(H,14,17). The van der Waals surface area contributed by atoms with Crippen molar-refractivity contribution in [2.45, 2.75) is 25.7 Å². The first-order chi connectivity index (χ1) is 8.22. The summed E-state index contributed by atoms with van der Waals surface area (Å²) in [5, 5.41) is 6.02. The number of nitrogens with one attached hydrogen (secondary N) is 2. The molecule has 1 saturated heterocycles. The Hall–Kier alpha value is -1.42. The van der Waals surface area contributed by atoms with E-state index in [9.17, 15) is 4.79 Å². The molecule has 4 heteroatoms. The molecule has 1 aliphatic heterocycles. The third-order valence-electron chi connectivity index (χ3n) is 3.26. The van der Waals surface area contributed by atoms with E-state index in [-0.39, 0.29) is 5.91 Å². The Balaban J connectivity index is 2.35. The Labute approximate surface area is 102 Å². The second-order valence-corrected chi connectivity index (χ2v) is 4.49. The zero-order valence-electron chi connectivity index (χ0n) is 10.4. The molecule has 0 saturated carbocycles. The lowest BCUT2D eigenvalue weighted by molar-refractivity contribution is 0.0961. The summed E-state index contributed by atoms with van der Waals surface area (Å²) in [6, 6.07) is 3.79. The van der Waals surface area contributed by atoms with Gasteiger partial charge in [-0.25, -0.2) is 0 Å². The van der Waals surface area contributed by atoms with Gasteiger partial charge in [0.2, 0.25) is 0 Å². The van der Waals surface area contributed by atoms with Crippen LogP contribution in [0.25, 0.3) is 0 Å². The lowest BCUT2D eigenvalue weighted by Gasteiger charge is -2.24. The van der Waals surface area contributed by atoms with Gasteiger partial charge < -0.3 is 10.6 Å². The van der Waals surface area contributed by atoms with E-state index in [2.05, 4.69) is 15.6 Å². The molecule has 0 unspecified atom stereocenters. The van der Waals surface area contributed by atoms with Crippen LogP contribution in [0.4, 0.5) is 0 Å². The van der Waals surface area contributed by atoms with Gasteiger partial charge in [-0.15, -0.1) is 0 Å². The fraction of sp³-hybridized carbons (Fsp3) is 0.538. The highest BCUT2D eigenvalue weighted by Gasteiger charge is 2.22.